The third-order valence-electron chi connectivity index (χ3n) is 4.47. The minimum absolute atomic E-state index is 0.142. The zero-order chi connectivity index (χ0) is 18.9. The molecule has 1 aliphatic rings. The number of rotatable bonds is 5. The lowest BCUT2D eigenvalue weighted by molar-refractivity contribution is -0.141. The molecule has 0 atom stereocenters. The van der Waals surface area contributed by atoms with Crippen LogP contribution in [0.15, 0.2) is 24.3 Å². The first-order valence-electron chi connectivity index (χ1n) is 8.51. The number of carbonyl (C=O) groups excluding carboxylic acids is 1. The fraction of sp³-hybridized carbons (Fsp3) is 0.444. The number of anilines is 1. The van der Waals surface area contributed by atoms with Crippen LogP contribution in [-0.2, 0) is 12.7 Å². The smallest absolute Gasteiger partial charge is 0.336 e. The number of carbonyl (C=O) groups is 1. The summed E-state index contributed by atoms with van der Waals surface area (Å²) in [6.45, 7) is 4.32. The Morgan fingerprint density at radius 2 is 1.96 bits per heavy atom. The maximum atomic E-state index is 12.9. The molecule has 26 heavy (non-hydrogen) atoms. The zero-order valence-electron chi connectivity index (χ0n) is 14.7. The van der Waals surface area contributed by atoms with Crippen LogP contribution >= 0.6 is 0 Å². The molecular weight excluding hydrogens is 345 g/mol. The average Bonchev–Trinajstić information content (AvgIpc) is 3.30. The molecule has 1 fully saturated rings. The van der Waals surface area contributed by atoms with Gasteiger partial charge in [0.1, 0.15) is 0 Å². The summed E-state index contributed by atoms with van der Waals surface area (Å²) in [4.78, 5) is 12.0. The molecule has 0 bridgehead atoms. The Bertz CT molecular complexity index is 809. The summed E-state index contributed by atoms with van der Waals surface area (Å²) in [6.07, 6.45) is -2.70. The SMILES string of the molecule is Cc1ccc(NC(=O)NCCn2nc(C(F)(F)F)cc2C2CC2)cc1C. The summed E-state index contributed by atoms with van der Waals surface area (Å²) in [6, 6.07) is 6.30. The Balaban J connectivity index is 1.56. The molecule has 0 spiro atoms. The highest BCUT2D eigenvalue weighted by Gasteiger charge is 2.37. The number of aromatic nitrogens is 2. The summed E-state index contributed by atoms with van der Waals surface area (Å²) >= 11 is 0. The topological polar surface area (TPSA) is 59.0 Å². The molecule has 5 nitrogen and oxygen atoms in total. The van der Waals surface area contributed by atoms with Crippen LogP contribution in [0.1, 0.15) is 41.3 Å². The summed E-state index contributed by atoms with van der Waals surface area (Å²) in [7, 11) is 0. The Hall–Kier alpha value is -2.51. The molecule has 2 amide bonds. The molecule has 2 aromatic rings. The maximum Gasteiger partial charge on any atom is 0.435 e. The van der Waals surface area contributed by atoms with E-state index in [-0.39, 0.29) is 19.0 Å². The van der Waals surface area contributed by atoms with E-state index in [2.05, 4.69) is 15.7 Å². The molecule has 0 radical (unpaired) electrons. The quantitative estimate of drug-likeness (QED) is 0.832. The van der Waals surface area contributed by atoms with E-state index < -0.39 is 17.9 Å². The first-order valence-corrected chi connectivity index (χ1v) is 8.51. The molecule has 140 valence electrons. The summed E-state index contributed by atoms with van der Waals surface area (Å²) in [5, 5.41) is 9.04. The van der Waals surface area contributed by atoms with Crippen molar-refractivity contribution in [2.45, 2.75) is 45.3 Å². The van der Waals surface area contributed by atoms with Crippen molar-refractivity contribution in [3.8, 4) is 0 Å². The zero-order valence-corrected chi connectivity index (χ0v) is 14.7. The second-order valence-corrected chi connectivity index (χ2v) is 6.63. The van der Waals surface area contributed by atoms with Crippen LogP contribution in [0.5, 0.6) is 0 Å². The minimum atomic E-state index is -4.46. The standard InChI is InChI=1S/C18H21F3N4O/c1-11-3-6-14(9-12(11)2)23-17(26)22-7-8-25-15(13-4-5-13)10-16(24-25)18(19,20)21/h3,6,9-10,13H,4-5,7-8H2,1-2H3,(H2,22,23,26). The molecule has 8 heteroatoms. The van der Waals surface area contributed by atoms with Gasteiger partial charge in [-0.15, -0.1) is 0 Å². The first-order chi connectivity index (χ1) is 12.2. The second kappa shape index (κ2) is 7.01. The number of hydrogen-bond acceptors (Lipinski definition) is 2. The summed E-state index contributed by atoms with van der Waals surface area (Å²) in [5.74, 6) is 0.142. The van der Waals surface area contributed by atoms with Crippen LogP contribution in [0.3, 0.4) is 0 Å². The van der Waals surface area contributed by atoms with Gasteiger partial charge in [-0.25, -0.2) is 4.79 Å². The van der Waals surface area contributed by atoms with E-state index in [1.807, 2.05) is 26.0 Å². The van der Waals surface area contributed by atoms with Crippen LogP contribution in [0.25, 0.3) is 0 Å². The van der Waals surface area contributed by atoms with E-state index in [4.69, 9.17) is 0 Å². The number of urea groups is 1. The Morgan fingerprint density at radius 3 is 2.58 bits per heavy atom. The lowest BCUT2D eigenvalue weighted by Crippen LogP contribution is -2.32. The van der Waals surface area contributed by atoms with Gasteiger partial charge in [0.2, 0.25) is 0 Å². The van der Waals surface area contributed by atoms with Gasteiger partial charge in [-0.05, 0) is 56.0 Å². The molecule has 1 aromatic carbocycles. The number of nitrogens with zero attached hydrogens (tertiary/aromatic N) is 2. The third kappa shape index (κ3) is 4.36. The number of alkyl halides is 3. The summed E-state index contributed by atoms with van der Waals surface area (Å²) in [5.41, 5.74) is 2.58. The fourth-order valence-corrected chi connectivity index (χ4v) is 2.73. The van der Waals surface area contributed by atoms with Gasteiger partial charge in [0, 0.05) is 23.8 Å². The molecule has 0 unspecified atom stereocenters. The first kappa shape index (κ1) is 18.3. The normalized spacial score (nSPS) is 14.3. The van der Waals surface area contributed by atoms with Crippen LogP contribution < -0.4 is 10.6 Å². The van der Waals surface area contributed by atoms with Gasteiger partial charge >= 0.3 is 12.2 Å². The number of nitrogens with one attached hydrogen (secondary N) is 2. The molecule has 3 rings (SSSR count). The number of halogens is 3. The number of amides is 2. The fourth-order valence-electron chi connectivity index (χ4n) is 2.73. The molecule has 0 saturated heterocycles. The highest BCUT2D eigenvalue weighted by atomic mass is 19.4. The van der Waals surface area contributed by atoms with Crippen molar-refractivity contribution in [1.82, 2.24) is 15.1 Å². The van der Waals surface area contributed by atoms with Crippen LogP contribution in [-0.4, -0.2) is 22.4 Å². The second-order valence-electron chi connectivity index (χ2n) is 6.63. The van der Waals surface area contributed by atoms with Gasteiger partial charge in [0.05, 0.1) is 6.54 Å². The summed E-state index contributed by atoms with van der Waals surface area (Å²) < 4.78 is 39.9. The Labute approximate surface area is 149 Å². The molecule has 1 saturated carbocycles. The van der Waals surface area contributed by atoms with Crippen molar-refractivity contribution in [1.29, 1.82) is 0 Å². The van der Waals surface area contributed by atoms with Gasteiger partial charge in [0.15, 0.2) is 5.69 Å². The Morgan fingerprint density at radius 1 is 1.23 bits per heavy atom. The van der Waals surface area contributed by atoms with Crippen molar-refractivity contribution in [2.75, 3.05) is 11.9 Å². The number of hydrogen-bond donors (Lipinski definition) is 2. The van der Waals surface area contributed by atoms with E-state index in [9.17, 15) is 18.0 Å². The van der Waals surface area contributed by atoms with E-state index in [1.54, 1.807) is 6.07 Å². The van der Waals surface area contributed by atoms with E-state index in [0.717, 1.165) is 30.0 Å². The van der Waals surface area contributed by atoms with E-state index in [0.29, 0.717) is 11.4 Å². The number of benzene rings is 1. The van der Waals surface area contributed by atoms with Crippen molar-refractivity contribution < 1.29 is 18.0 Å². The molecule has 0 aliphatic heterocycles. The molecule has 1 aliphatic carbocycles. The monoisotopic (exact) mass is 366 g/mol. The molecule has 1 heterocycles. The minimum Gasteiger partial charge on any atom is -0.336 e. The highest BCUT2D eigenvalue weighted by Crippen LogP contribution is 2.42. The maximum absolute atomic E-state index is 12.9. The van der Waals surface area contributed by atoms with Gasteiger partial charge in [-0.2, -0.15) is 18.3 Å². The number of aryl methyl sites for hydroxylation is 2. The average molecular weight is 366 g/mol. The predicted octanol–water partition coefficient (Wildman–Crippen LogP) is 4.22. The van der Waals surface area contributed by atoms with E-state index in [1.165, 1.54) is 4.68 Å². The molecule has 1 aromatic heterocycles. The van der Waals surface area contributed by atoms with Gasteiger partial charge in [-0.1, -0.05) is 6.07 Å². The third-order valence-corrected chi connectivity index (χ3v) is 4.47. The highest BCUT2D eigenvalue weighted by molar-refractivity contribution is 5.89. The van der Waals surface area contributed by atoms with Crippen molar-refractivity contribution in [2.24, 2.45) is 0 Å². The van der Waals surface area contributed by atoms with Gasteiger partial charge in [0.25, 0.3) is 0 Å². The lowest BCUT2D eigenvalue weighted by Gasteiger charge is -2.10. The Kier molecular flexibility index (Phi) is 4.93. The molecular formula is C18H21F3N4O. The van der Waals surface area contributed by atoms with Crippen LogP contribution in [0, 0.1) is 13.8 Å². The van der Waals surface area contributed by atoms with Crippen LogP contribution in [0.4, 0.5) is 23.7 Å². The van der Waals surface area contributed by atoms with Crippen molar-refractivity contribution in [3.63, 3.8) is 0 Å². The predicted molar refractivity (Wildman–Crippen MR) is 92.1 cm³/mol. The van der Waals surface area contributed by atoms with Gasteiger partial charge < -0.3 is 10.6 Å². The molecule has 2 N–H and O–H groups in total. The van der Waals surface area contributed by atoms with E-state index >= 15 is 0 Å². The van der Waals surface area contributed by atoms with Gasteiger partial charge in [-0.3, -0.25) is 4.68 Å². The van der Waals surface area contributed by atoms with Crippen LogP contribution in [0.2, 0.25) is 0 Å². The lowest BCUT2D eigenvalue weighted by atomic mass is 10.1. The van der Waals surface area contributed by atoms with Crippen molar-refractivity contribution in [3.05, 3.63) is 46.8 Å². The largest absolute Gasteiger partial charge is 0.435 e. The van der Waals surface area contributed by atoms with Crippen molar-refractivity contribution >= 4 is 11.7 Å².